The number of sulfonamides is 1. The van der Waals surface area contributed by atoms with E-state index in [1.165, 1.54) is 37.2 Å². The molecule has 0 aliphatic carbocycles. The average molecular weight is 395 g/mol. The van der Waals surface area contributed by atoms with Crippen LogP contribution in [-0.4, -0.2) is 44.7 Å². The second kappa shape index (κ2) is 7.78. The number of hydrogen-bond acceptors (Lipinski definition) is 3. The SMILES string of the molecule is Cc1ccc(CN(C)C(=O)c2cc(S(=O)(=O)N(C)C)ccc2Cl)c(C)c1. The molecule has 0 aromatic heterocycles. The van der Waals surface area contributed by atoms with Crippen LogP contribution in [0.25, 0.3) is 0 Å². The van der Waals surface area contributed by atoms with Crippen molar-refractivity contribution in [1.29, 1.82) is 0 Å². The van der Waals surface area contributed by atoms with Gasteiger partial charge in [0.05, 0.1) is 15.5 Å². The van der Waals surface area contributed by atoms with Crippen molar-refractivity contribution in [2.45, 2.75) is 25.3 Å². The molecule has 0 unspecified atom stereocenters. The molecule has 0 fully saturated rings. The maximum atomic E-state index is 12.8. The van der Waals surface area contributed by atoms with E-state index in [-0.39, 0.29) is 21.4 Å². The lowest BCUT2D eigenvalue weighted by Crippen LogP contribution is -2.27. The third kappa shape index (κ3) is 4.26. The molecular weight excluding hydrogens is 372 g/mol. The Labute approximate surface area is 160 Å². The van der Waals surface area contributed by atoms with Crippen LogP contribution in [0, 0.1) is 13.8 Å². The van der Waals surface area contributed by atoms with Gasteiger partial charge in [0.1, 0.15) is 0 Å². The van der Waals surface area contributed by atoms with E-state index >= 15 is 0 Å². The Hall–Kier alpha value is -1.89. The Bertz CT molecular complexity index is 940. The zero-order valence-electron chi connectivity index (χ0n) is 15.6. The maximum Gasteiger partial charge on any atom is 0.255 e. The first-order valence-corrected chi connectivity index (χ1v) is 9.89. The number of carbonyl (C=O) groups excluding carboxylic acids is 1. The molecule has 140 valence electrons. The Morgan fingerprint density at radius 3 is 2.27 bits per heavy atom. The second-order valence-electron chi connectivity index (χ2n) is 6.52. The van der Waals surface area contributed by atoms with E-state index in [1.54, 1.807) is 7.05 Å². The van der Waals surface area contributed by atoms with E-state index in [2.05, 4.69) is 6.07 Å². The molecule has 0 N–H and O–H groups in total. The van der Waals surface area contributed by atoms with Crippen LogP contribution in [0.15, 0.2) is 41.3 Å². The molecule has 2 aromatic carbocycles. The normalized spacial score (nSPS) is 11.7. The highest BCUT2D eigenvalue weighted by molar-refractivity contribution is 7.89. The number of nitrogens with zero attached hydrogens (tertiary/aromatic N) is 2. The summed E-state index contributed by atoms with van der Waals surface area (Å²) in [7, 11) is 0.914. The molecule has 2 aromatic rings. The van der Waals surface area contributed by atoms with Crippen molar-refractivity contribution >= 4 is 27.5 Å². The van der Waals surface area contributed by atoms with Gasteiger partial charge in [0.25, 0.3) is 5.91 Å². The fourth-order valence-electron chi connectivity index (χ4n) is 2.60. The number of benzene rings is 2. The largest absolute Gasteiger partial charge is 0.337 e. The summed E-state index contributed by atoms with van der Waals surface area (Å²) in [6, 6.07) is 10.2. The predicted molar refractivity (Wildman–Crippen MR) is 104 cm³/mol. The standard InChI is InChI=1S/C19H23ClN2O3S/c1-13-6-7-15(14(2)10-13)12-22(5)19(23)17-11-16(8-9-18(17)20)26(24,25)21(3)4/h6-11H,12H2,1-5H3. The summed E-state index contributed by atoms with van der Waals surface area (Å²) in [5.41, 5.74) is 3.45. The number of halogens is 1. The topological polar surface area (TPSA) is 57.7 Å². The van der Waals surface area contributed by atoms with Crippen LogP contribution in [0.3, 0.4) is 0 Å². The molecule has 0 heterocycles. The Balaban J connectivity index is 2.33. The van der Waals surface area contributed by atoms with Crippen molar-refractivity contribution in [3.8, 4) is 0 Å². The van der Waals surface area contributed by atoms with Gasteiger partial charge in [-0.2, -0.15) is 0 Å². The first-order chi connectivity index (χ1) is 12.0. The lowest BCUT2D eigenvalue weighted by atomic mass is 10.1. The van der Waals surface area contributed by atoms with Crippen molar-refractivity contribution in [3.05, 3.63) is 63.7 Å². The molecule has 0 radical (unpaired) electrons. The van der Waals surface area contributed by atoms with E-state index in [9.17, 15) is 13.2 Å². The third-order valence-corrected chi connectivity index (χ3v) is 6.34. The Morgan fingerprint density at radius 2 is 1.69 bits per heavy atom. The molecule has 2 rings (SSSR count). The van der Waals surface area contributed by atoms with Crippen molar-refractivity contribution in [3.63, 3.8) is 0 Å². The van der Waals surface area contributed by atoms with Crippen molar-refractivity contribution in [1.82, 2.24) is 9.21 Å². The van der Waals surface area contributed by atoms with Gasteiger partial charge in [0, 0.05) is 27.7 Å². The molecule has 26 heavy (non-hydrogen) atoms. The quantitative estimate of drug-likeness (QED) is 0.780. The summed E-state index contributed by atoms with van der Waals surface area (Å²) in [5, 5.41) is 0.222. The highest BCUT2D eigenvalue weighted by Gasteiger charge is 2.22. The first kappa shape index (κ1) is 20.4. The van der Waals surface area contributed by atoms with Crippen molar-refractivity contribution < 1.29 is 13.2 Å². The minimum Gasteiger partial charge on any atom is -0.337 e. The van der Waals surface area contributed by atoms with E-state index in [0.717, 1.165) is 21.0 Å². The Morgan fingerprint density at radius 1 is 1.04 bits per heavy atom. The summed E-state index contributed by atoms with van der Waals surface area (Å²) in [6.45, 7) is 4.42. The smallest absolute Gasteiger partial charge is 0.255 e. The van der Waals surface area contributed by atoms with E-state index in [0.29, 0.717) is 6.54 Å². The third-order valence-electron chi connectivity index (χ3n) is 4.20. The summed E-state index contributed by atoms with van der Waals surface area (Å²) in [6.07, 6.45) is 0. The maximum absolute atomic E-state index is 12.8. The number of amides is 1. The second-order valence-corrected chi connectivity index (χ2v) is 9.08. The van der Waals surface area contributed by atoms with Crippen molar-refractivity contribution in [2.75, 3.05) is 21.1 Å². The van der Waals surface area contributed by atoms with Crippen LogP contribution < -0.4 is 0 Å². The van der Waals surface area contributed by atoms with Gasteiger partial charge in [-0.15, -0.1) is 0 Å². The van der Waals surface area contributed by atoms with Gasteiger partial charge in [-0.25, -0.2) is 12.7 Å². The highest BCUT2D eigenvalue weighted by Crippen LogP contribution is 2.24. The van der Waals surface area contributed by atoms with Gasteiger partial charge < -0.3 is 4.90 Å². The molecular formula is C19H23ClN2O3S. The van der Waals surface area contributed by atoms with Crippen molar-refractivity contribution in [2.24, 2.45) is 0 Å². The minimum atomic E-state index is -3.64. The molecule has 1 amide bonds. The molecule has 0 bridgehead atoms. The van der Waals surface area contributed by atoms with Crippen LogP contribution in [0.4, 0.5) is 0 Å². The van der Waals surface area contributed by atoms with E-state index in [1.807, 2.05) is 26.0 Å². The summed E-state index contributed by atoms with van der Waals surface area (Å²) >= 11 is 6.16. The van der Waals surface area contributed by atoms with Crippen LogP contribution in [0.2, 0.25) is 5.02 Å². The zero-order chi connectivity index (χ0) is 19.6. The minimum absolute atomic E-state index is 0.0372. The van der Waals surface area contributed by atoms with Crippen LogP contribution >= 0.6 is 11.6 Å². The first-order valence-electron chi connectivity index (χ1n) is 8.07. The zero-order valence-corrected chi connectivity index (χ0v) is 17.1. The van der Waals surface area contributed by atoms with Crippen LogP contribution in [0.5, 0.6) is 0 Å². The number of hydrogen-bond donors (Lipinski definition) is 0. The number of carbonyl (C=O) groups is 1. The van der Waals surface area contributed by atoms with E-state index in [4.69, 9.17) is 11.6 Å². The molecule has 0 aliphatic heterocycles. The van der Waals surface area contributed by atoms with Gasteiger partial charge in [0.2, 0.25) is 10.0 Å². The average Bonchev–Trinajstić information content (AvgIpc) is 2.56. The fraction of sp³-hybridized carbons (Fsp3) is 0.316. The summed E-state index contributed by atoms with van der Waals surface area (Å²) in [4.78, 5) is 14.4. The van der Waals surface area contributed by atoms with E-state index < -0.39 is 10.0 Å². The van der Waals surface area contributed by atoms with Gasteiger partial charge in [-0.05, 0) is 43.2 Å². The number of rotatable bonds is 5. The van der Waals surface area contributed by atoms with Crippen LogP contribution in [-0.2, 0) is 16.6 Å². The predicted octanol–water partition coefficient (Wildman–Crippen LogP) is 3.48. The number of aryl methyl sites for hydroxylation is 2. The monoisotopic (exact) mass is 394 g/mol. The van der Waals surface area contributed by atoms with Gasteiger partial charge >= 0.3 is 0 Å². The lowest BCUT2D eigenvalue weighted by Gasteiger charge is -2.20. The van der Waals surface area contributed by atoms with Gasteiger partial charge in [-0.1, -0.05) is 35.4 Å². The molecule has 7 heteroatoms. The van der Waals surface area contributed by atoms with Gasteiger partial charge in [0.15, 0.2) is 0 Å². The Kier molecular flexibility index (Phi) is 6.11. The summed E-state index contributed by atoms with van der Waals surface area (Å²) in [5.74, 6) is -0.328. The summed E-state index contributed by atoms with van der Waals surface area (Å²) < 4.78 is 25.7. The molecule has 5 nitrogen and oxygen atoms in total. The molecule has 0 spiro atoms. The lowest BCUT2D eigenvalue weighted by molar-refractivity contribution is 0.0785. The fourth-order valence-corrected chi connectivity index (χ4v) is 3.72. The van der Waals surface area contributed by atoms with Crippen LogP contribution in [0.1, 0.15) is 27.0 Å². The van der Waals surface area contributed by atoms with Gasteiger partial charge in [-0.3, -0.25) is 4.79 Å². The molecule has 0 saturated carbocycles. The molecule has 0 atom stereocenters. The highest BCUT2D eigenvalue weighted by atomic mass is 35.5. The molecule has 0 aliphatic rings. The molecule has 0 saturated heterocycles.